The molecule has 1 saturated heterocycles. The summed E-state index contributed by atoms with van der Waals surface area (Å²) in [6.07, 6.45) is 2.74. The number of aromatic nitrogens is 3. The van der Waals surface area contributed by atoms with Crippen LogP contribution in [-0.2, 0) is 21.3 Å². The molecule has 0 aliphatic carbocycles. The highest BCUT2D eigenvalue weighted by atomic mass is 32.2. The minimum atomic E-state index is -3.33. The third-order valence-corrected chi connectivity index (χ3v) is 5.36. The van der Waals surface area contributed by atoms with Crippen molar-refractivity contribution in [1.29, 1.82) is 0 Å². The lowest BCUT2D eigenvalue weighted by molar-refractivity contribution is 0.0981. The van der Waals surface area contributed by atoms with E-state index in [1.165, 1.54) is 0 Å². The first-order chi connectivity index (χ1) is 9.67. The van der Waals surface area contributed by atoms with Crippen LogP contribution in [0.5, 0.6) is 0 Å². The number of fused-ring (bicyclic) bond motifs is 1. The average molecular weight is 296 g/mol. The number of nitrogens with one attached hydrogen (secondary N) is 2. The molecule has 7 nitrogen and oxygen atoms in total. The van der Waals surface area contributed by atoms with E-state index in [4.69, 9.17) is 4.74 Å². The van der Waals surface area contributed by atoms with Gasteiger partial charge in [0.15, 0.2) is 5.65 Å². The topological polar surface area (TPSA) is 97.0 Å². The molecule has 108 valence electrons. The van der Waals surface area contributed by atoms with Crippen molar-refractivity contribution in [1.82, 2.24) is 19.9 Å². The fourth-order valence-corrected chi connectivity index (χ4v) is 3.71. The predicted octanol–water partition coefficient (Wildman–Crippen LogP) is 0.556. The Morgan fingerprint density at radius 2 is 2.20 bits per heavy atom. The van der Waals surface area contributed by atoms with Crippen LogP contribution in [-0.4, -0.2) is 42.1 Å². The lowest BCUT2D eigenvalue weighted by Gasteiger charge is -2.22. The smallest absolute Gasteiger partial charge is 0.215 e. The molecule has 0 spiro atoms. The van der Waals surface area contributed by atoms with E-state index < -0.39 is 10.0 Å². The Kier molecular flexibility index (Phi) is 3.68. The monoisotopic (exact) mass is 296 g/mol. The van der Waals surface area contributed by atoms with Crippen molar-refractivity contribution in [3.05, 3.63) is 24.0 Å². The van der Waals surface area contributed by atoms with Gasteiger partial charge in [-0.15, -0.1) is 0 Å². The van der Waals surface area contributed by atoms with Crippen LogP contribution in [0.3, 0.4) is 0 Å². The van der Waals surface area contributed by atoms with Crippen molar-refractivity contribution in [2.24, 2.45) is 0 Å². The van der Waals surface area contributed by atoms with Crippen LogP contribution in [0.25, 0.3) is 11.0 Å². The van der Waals surface area contributed by atoms with Gasteiger partial charge in [0.05, 0.1) is 17.5 Å². The fourth-order valence-electron chi connectivity index (χ4n) is 2.31. The second kappa shape index (κ2) is 5.47. The Morgan fingerprint density at radius 1 is 1.40 bits per heavy atom. The fraction of sp³-hybridized carbons (Fsp3) is 0.500. The molecule has 0 saturated carbocycles. The van der Waals surface area contributed by atoms with Crippen LogP contribution in [0.1, 0.15) is 18.5 Å². The van der Waals surface area contributed by atoms with Gasteiger partial charge in [0, 0.05) is 24.8 Å². The minimum Gasteiger partial charge on any atom is -0.381 e. The zero-order valence-electron chi connectivity index (χ0n) is 10.9. The molecule has 0 unspecified atom stereocenters. The van der Waals surface area contributed by atoms with Crippen molar-refractivity contribution >= 4 is 21.1 Å². The molecule has 0 bridgehead atoms. The molecule has 2 N–H and O–H groups in total. The number of hydrogen-bond donors (Lipinski definition) is 2. The Hall–Kier alpha value is -1.51. The van der Waals surface area contributed by atoms with Gasteiger partial charge in [0.2, 0.25) is 10.0 Å². The number of ether oxygens (including phenoxy) is 1. The van der Waals surface area contributed by atoms with Crippen LogP contribution >= 0.6 is 0 Å². The SMILES string of the molecule is O=S(=O)(NCc1[nH]nc2ncccc12)C1CCOCC1. The summed E-state index contributed by atoms with van der Waals surface area (Å²) < 4.78 is 32.2. The summed E-state index contributed by atoms with van der Waals surface area (Å²) in [6.45, 7) is 1.20. The maximum absolute atomic E-state index is 12.2. The molecule has 2 aromatic heterocycles. The summed E-state index contributed by atoms with van der Waals surface area (Å²) in [5.74, 6) is 0. The predicted molar refractivity (Wildman–Crippen MR) is 73.5 cm³/mol. The van der Waals surface area contributed by atoms with Gasteiger partial charge in [-0.05, 0) is 25.0 Å². The van der Waals surface area contributed by atoms with Crippen molar-refractivity contribution in [3.8, 4) is 0 Å². The van der Waals surface area contributed by atoms with Crippen molar-refractivity contribution in [3.63, 3.8) is 0 Å². The average Bonchev–Trinajstić information content (AvgIpc) is 2.89. The summed E-state index contributed by atoms with van der Waals surface area (Å²) in [4.78, 5) is 4.10. The van der Waals surface area contributed by atoms with Crippen LogP contribution < -0.4 is 4.72 Å². The Labute approximate surface area is 116 Å². The molecule has 3 rings (SSSR count). The molecule has 1 aliphatic heterocycles. The molecule has 8 heteroatoms. The molecule has 0 aromatic carbocycles. The van der Waals surface area contributed by atoms with Gasteiger partial charge >= 0.3 is 0 Å². The standard InChI is InChI=1S/C12H16N4O3S/c17-20(18,9-3-6-19-7-4-9)14-8-11-10-2-1-5-13-12(10)16-15-11/h1-2,5,9,14H,3-4,6-8H2,(H,13,15,16). The quantitative estimate of drug-likeness (QED) is 0.859. The van der Waals surface area contributed by atoms with Crippen LogP contribution in [0, 0.1) is 0 Å². The van der Waals surface area contributed by atoms with E-state index in [1.807, 2.05) is 6.07 Å². The van der Waals surface area contributed by atoms with Gasteiger partial charge in [-0.3, -0.25) is 5.10 Å². The normalized spacial score (nSPS) is 17.6. The first-order valence-corrected chi connectivity index (χ1v) is 8.05. The summed E-state index contributed by atoms with van der Waals surface area (Å²) >= 11 is 0. The van der Waals surface area contributed by atoms with E-state index >= 15 is 0 Å². The van der Waals surface area contributed by atoms with Crippen molar-refractivity contribution in [2.45, 2.75) is 24.6 Å². The highest BCUT2D eigenvalue weighted by molar-refractivity contribution is 7.90. The summed E-state index contributed by atoms with van der Waals surface area (Å²) in [7, 11) is -3.33. The molecule has 3 heterocycles. The Morgan fingerprint density at radius 3 is 3.00 bits per heavy atom. The molecule has 0 amide bonds. The first-order valence-electron chi connectivity index (χ1n) is 6.51. The molecule has 0 atom stereocenters. The highest BCUT2D eigenvalue weighted by Gasteiger charge is 2.27. The Bertz CT molecular complexity index is 692. The number of rotatable bonds is 4. The molecular weight excluding hydrogens is 280 g/mol. The van der Waals surface area contributed by atoms with Crippen LogP contribution in [0.4, 0.5) is 0 Å². The van der Waals surface area contributed by atoms with Crippen molar-refractivity contribution < 1.29 is 13.2 Å². The largest absolute Gasteiger partial charge is 0.381 e. The zero-order valence-corrected chi connectivity index (χ0v) is 11.7. The first kappa shape index (κ1) is 13.5. The van der Waals surface area contributed by atoms with E-state index in [9.17, 15) is 8.42 Å². The summed E-state index contributed by atoms with van der Waals surface area (Å²) in [6, 6.07) is 3.66. The van der Waals surface area contributed by atoms with Gasteiger partial charge in [0.1, 0.15) is 0 Å². The molecular formula is C12H16N4O3S. The summed E-state index contributed by atoms with van der Waals surface area (Å²) in [5, 5.41) is 7.33. The molecule has 0 radical (unpaired) electrons. The zero-order chi connectivity index (χ0) is 14.0. The van der Waals surface area contributed by atoms with Crippen LogP contribution in [0.15, 0.2) is 18.3 Å². The number of sulfonamides is 1. The Balaban J connectivity index is 1.72. The van der Waals surface area contributed by atoms with E-state index in [1.54, 1.807) is 12.3 Å². The second-order valence-corrected chi connectivity index (χ2v) is 6.80. The second-order valence-electron chi connectivity index (χ2n) is 4.75. The third kappa shape index (κ3) is 2.67. The van der Waals surface area contributed by atoms with Gasteiger partial charge < -0.3 is 4.74 Å². The molecule has 2 aromatic rings. The van der Waals surface area contributed by atoms with E-state index in [-0.39, 0.29) is 11.8 Å². The summed E-state index contributed by atoms with van der Waals surface area (Å²) in [5.41, 5.74) is 1.32. The van der Waals surface area contributed by atoms with Gasteiger partial charge in [0.25, 0.3) is 0 Å². The van der Waals surface area contributed by atoms with Gasteiger partial charge in [-0.25, -0.2) is 18.1 Å². The number of hydrogen-bond acceptors (Lipinski definition) is 5. The van der Waals surface area contributed by atoms with E-state index in [0.29, 0.717) is 31.7 Å². The lowest BCUT2D eigenvalue weighted by Crippen LogP contribution is -2.37. The number of aromatic amines is 1. The highest BCUT2D eigenvalue weighted by Crippen LogP contribution is 2.16. The molecule has 1 aliphatic rings. The number of nitrogens with zero attached hydrogens (tertiary/aromatic N) is 2. The van der Waals surface area contributed by atoms with E-state index in [0.717, 1.165) is 11.1 Å². The van der Waals surface area contributed by atoms with Crippen LogP contribution in [0.2, 0.25) is 0 Å². The third-order valence-electron chi connectivity index (χ3n) is 3.47. The maximum Gasteiger partial charge on any atom is 0.215 e. The lowest BCUT2D eigenvalue weighted by atomic mass is 10.2. The molecule has 20 heavy (non-hydrogen) atoms. The minimum absolute atomic E-state index is 0.196. The van der Waals surface area contributed by atoms with Gasteiger partial charge in [-0.2, -0.15) is 5.10 Å². The molecule has 1 fully saturated rings. The van der Waals surface area contributed by atoms with E-state index in [2.05, 4.69) is 19.9 Å². The number of pyridine rings is 1. The van der Waals surface area contributed by atoms with Crippen molar-refractivity contribution in [2.75, 3.05) is 13.2 Å². The number of H-pyrrole nitrogens is 1. The van der Waals surface area contributed by atoms with Gasteiger partial charge in [-0.1, -0.05) is 0 Å². The maximum atomic E-state index is 12.2.